The average Bonchev–Trinajstić information content (AvgIpc) is 3.13. The van der Waals surface area contributed by atoms with Gasteiger partial charge in [-0.05, 0) is 30.7 Å². The van der Waals surface area contributed by atoms with Gasteiger partial charge in [-0.25, -0.2) is 0 Å². The van der Waals surface area contributed by atoms with Crippen LogP contribution in [0.4, 0.5) is 5.13 Å². The summed E-state index contributed by atoms with van der Waals surface area (Å²) in [5, 5.41) is 14.5. The summed E-state index contributed by atoms with van der Waals surface area (Å²) in [5.74, 6) is -0.180. The van der Waals surface area contributed by atoms with Gasteiger partial charge < -0.3 is 5.32 Å². The van der Waals surface area contributed by atoms with Gasteiger partial charge in [0.2, 0.25) is 11.0 Å². The van der Waals surface area contributed by atoms with Crippen LogP contribution >= 0.6 is 34.7 Å². The third kappa shape index (κ3) is 5.79. The molecule has 2 N–H and O–H groups in total. The van der Waals surface area contributed by atoms with E-state index in [0.29, 0.717) is 26.6 Å². The zero-order chi connectivity index (χ0) is 19.9. The van der Waals surface area contributed by atoms with Crippen molar-refractivity contribution >= 4 is 51.6 Å². The topological polar surface area (TPSA) is 84.0 Å². The van der Waals surface area contributed by atoms with Gasteiger partial charge in [0, 0.05) is 17.1 Å². The quantitative estimate of drug-likeness (QED) is 0.432. The van der Waals surface area contributed by atoms with E-state index in [-0.39, 0.29) is 17.6 Å². The minimum absolute atomic E-state index is 0.134. The SMILES string of the molecule is Cc1ccc(C(=O)Nc2nnc(SCC(=O)NCc3ccccc3Cl)s2)cc1. The minimum atomic E-state index is -0.245. The second-order valence-corrected chi connectivity index (χ2v) is 8.46. The molecule has 1 heterocycles. The van der Waals surface area contributed by atoms with E-state index < -0.39 is 0 Å². The number of carbonyl (C=O) groups is 2. The number of hydrogen-bond donors (Lipinski definition) is 2. The number of nitrogens with one attached hydrogen (secondary N) is 2. The highest BCUT2D eigenvalue weighted by Gasteiger charge is 2.12. The fourth-order valence-corrected chi connectivity index (χ4v) is 3.99. The lowest BCUT2D eigenvalue weighted by atomic mass is 10.1. The van der Waals surface area contributed by atoms with E-state index >= 15 is 0 Å². The Labute approximate surface area is 175 Å². The van der Waals surface area contributed by atoms with Crippen molar-refractivity contribution in [3.8, 4) is 0 Å². The van der Waals surface area contributed by atoms with Crippen LogP contribution < -0.4 is 10.6 Å². The molecule has 6 nitrogen and oxygen atoms in total. The molecule has 2 aromatic carbocycles. The summed E-state index contributed by atoms with van der Waals surface area (Å²) in [5.41, 5.74) is 2.49. The molecule has 0 aliphatic heterocycles. The lowest BCUT2D eigenvalue weighted by Gasteiger charge is -2.05. The van der Waals surface area contributed by atoms with E-state index in [9.17, 15) is 9.59 Å². The Morgan fingerprint density at radius 2 is 1.86 bits per heavy atom. The highest BCUT2D eigenvalue weighted by molar-refractivity contribution is 8.01. The first kappa shape index (κ1) is 20.3. The van der Waals surface area contributed by atoms with Crippen LogP contribution in [0.15, 0.2) is 52.9 Å². The number of nitrogens with zero attached hydrogens (tertiary/aromatic N) is 2. The smallest absolute Gasteiger partial charge is 0.257 e. The van der Waals surface area contributed by atoms with Crippen molar-refractivity contribution in [2.75, 3.05) is 11.1 Å². The molecule has 0 saturated carbocycles. The van der Waals surface area contributed by atoms with E-state index in [1.165, 1.54) is 23.1 Å². The summed E-state index contributed by atoms with van der Waals surface area (Å²) >= 11 is 8.56. The maximum absolute atomic E-state index is 12.2. The number of hydrogen-bond acceptors (Lipinski definition) is 6. The van der Waals surface area contributed by atoms with Gasteiger partial charge in [0.1, 0.15) is 0 Å². The number of thioether (sulfide) groups is 1. The summed E-state index contributed by atoms with van der Waals surface area (Å²) < 4.78 is 0.604. The Bertz CT molecular complexity index is 976. The van der Waals surface area contributed by atoms with E-state index in [4.69, 9.17) is 11.6 Å². The van der Waals surface area contributed by atoms with Crippen LogP contribution in [-0.4, -0.2) is 27.8 Å². The molecule has 3 rings (SSSR count). The molecular weight excluding hydrogens is 416 g/mol. The predicted molar refractivity (Wildman–Crippen MR) is 113 cm³/mol. The van der Waals surface area contributed by atoms with E-state index in [1.807, 2.05) is 37.3 Å². The number of anilines is 1. The van der Waals surface area contributed by atoms with Gasteiger partial charge >= 0.3 is 0 Å². The van der Waals surface area contributed by atoms with Crippen molar-refractivity contribution in [1.82, 2.24) is 15.5 Å². The number of aromatic nitrogens is 2. The van der Waals surface area contributed by atoms with Crippen LogP contribution in [0.25, 0.3) is 0 Å². The average molecular weight is 433 g/mol. The molecule has 0 spiro atoms. The normalized spacial score (nSPS) is 10.5. The lowest BCUT2D eigenvalue weighted by Crippen LogP contribution is -2.24. The molecule has 2 amide bonds. The summed E-state index contributed by atoms with van der Waals surface area (Å²) in [6.45, 7) is 2.33. The van der Waals surface area contributed by atoms with Gasteiger partial charge in [-0.15, -0.1) is 10.2 Å². The molecule has 0 radical (unpaired) electrons. The number of aryl methyl sites for hydroxylation is 1. The molecule has 9 heteroatoms. The highest BCUT2D eigenvalue weighted by atomic mass is 35.5. The number of halogens is 1. The molecule has 3 aromatic rings. The number of carbonyl (C=O) groups excluding carboxylic acids is 2. The molecule has 0 unspecified atom stereocenters. The van der Waals surface area contributed by atoms with Crippen LogP contribution in [0.3, 0.4) is 0 Å². The summed E-state index contributed by atoms with van der Waals surface area (Å²) in [6, 6.07) is 14.6. The molecule has 144 valence electrons. The Hall–Kier alpha value is -2.42. The Morgan fingerprint density at radius 1 is 1.11 bits per heavy atom. The molecule has 0 saturated heterocycles. The van der Waals surface area contributed by atoms with Gasteiger partial charge in [0.05, 0.1) is 5.75 Å². The molecule has 0 atom stereocenters. The first-order chi connectivity index (χ1) is 13.5. The molecule has 0 aliphatic carbocycles. The lowest BCUT2D eigenvalue weighted by molar-refractivity contribution is -0.118. The van der Waals surface area contributed by atoms with Crippen molar-refractivity contribution < 1.29 is 9.59 Å². The molecular formula is C19H17ClN4O2S2. The molecule has 0 fully saturated rings. The summed E-state index contributed by atoms with van der Waals surface area (Å²) in [7, 11) is 0. The monoisotopic (exact) mass is 432 g/mol. The largest absolute Gasteiger partial charge is 0.351 e. The Morgan fingerprint density at radius 3 is 2.61 bits per heavy atom. The Balaban J connectivity index is 1.46. The first-order valence-corrected chi connectivity index (χ1v) is 10.5. The third-order valence-corrected chi connectivity index (χ3v) is 6.04. The zero-order valence-electron chi connectivity index (χ0n) is 14.9. The van der Waals surface area contributed by atoms with E-state index in [1.54, 1.807) is 18.2 Å². The number of benzene rings is 2. The van der Waals surface area contributed by atoms with Crippen molar-refractivity contribution in [2.45, 2.75) is 17.8 Å². The second-order valence-electron chi connectivity index (χ2n) is 5.85. The zero-order valence-corrected chi connectivity index (χ0v) is 17.3. The Kier molecular flexibility index (Phi) is 7.02. The molecule has 28 heavy (non-hydrogen) atoms. The van der Waals surface area contributed by atoms with Crippen LogP contribution in [-0.2, 0) is 11.3 Å². The summed E-state index contributed by atoms with van der Waals surface area (Å²) in [4.78, 5) is 24.2. The van der Waals surface area contributed by atoms with Gasteiger partial charge in [-0.1, -0.05) is 70.6 Å². The maximum atomic E-state index is 12.2. The highest BCUT2D eigenvalue weighted by Crippen LogP contribution is 2.25. The maximum Gasteiger partial charge on any atom is 0.257 e. The molecule has 0 aliphatic rings. The van der Waals surface area contributed by atoms with Crippen LogP contribution in [0, 0.1) is 6.92 Å². The van der Waals surface area contributed by atoms with Crippen molar-refractivity contribution in [1.29, 1.82) is 0 Å². The van der Waals surface area contributed by atoms with Crippen LogP contribution in [0.1, 0.15) is 21.5 Å². The van der Waals surface area contributed by atoms with Gasteiger partial charge in [-0.2, -0.15) is 0 Å². The standard InChI is InChI=1S/C19H17ClN4O2S2/c1-12-6-8-13(9-7-12)17(26)22-18-23-24-19(28-18)27-11-16(25)21-10-14-4-2-3-5-15(14)20/h2-9H,10-11H2,1H3,(H,21,25)(H,22,23,26). The van der Waals surface area contributed by atoms with Gasteiger partial charge in [-0.3, -0.25) is 14.9 Å². The van der Waals surface area contributed by atoms with Gasteiger partial charge in [0.15, 0.2) is 4.34 Å². The van der Waals surface area contributed by atoms with Crippen LogP contribution in [0.5, 0.6) is 0 Å². The van der Waals surface area contributed by atoms with Crippen molar-refractivity contribution in [3.05, 3.63) is 70.2 Å². The molecule has 0 bridgehead atoms. The minimum Gasteiger partial charge on any atom is -0.351 e. The fraction of sp³-hybridized carbons (Fsp3) is 0.158. The van der Waals surface area contributed by atoms with Crippen LogP contribution in [0.2, 0.25) is 5.02 Å². The van der Waals surface area contributed by atoms with Gasteiger partial charge in [0.25, 0.3) is 5.91 Å². The van der Waals surface area contributed by atoms with Crippen molar-refractivity contribution in [2.24, 2.45) is 0 Å². The molecule has 1 aromatic heterocycles. The first-order valence-electron chi connectivity index (χ1n) is 8.35. The summed E-state index contributed by atoms with van der Waals surface area (Å²) in [6.07, 6.45) is 0. The van der Waals surface area contributed by atoms with Crippen molar-refractivity contribution in [3.63, 3.8) is 0 Å². The number of rotatable bonds is 7. The second kappa shape index (κ2) is 9.68. The number of amides is 2. The van der Waals surface area contributed by atoms with E-state index in [2.05, 4.69) is 20.8 Å². The van der Waals surface area contributed by atoms with E-state index in [0.717, 1.165) is 11.1 Å². The fourth-order valence-electron chi connectivity index (χ4n) is 2.21. The predicted octanol–water partition coefficient (Wildman–Crippen LogP) is 4.16. The third-order valence-electron chi connectivity index (χ3n) is 3.70.